The van der Waals surface area contributed by atoms with E-state index in [1.54, 1.807) is 6.08 Å². The highest BCUT2D eigenvalue weighted by Crippen LogP contribution is 2.31. The first-order chi connectivity index (χ1) is 14.4. The lowest BCUT2D eigenvalue weighted by atomic mass is 9.96. The summed E-state index contributed by atoms with van der Waals surface area (Å²) < 4.78 is 22.3. The van der Waals surface area contributed by atoms with Gasteiger partial charge in [0.25, 0.3) is 0 Å². The molecule has 0 aromatic heterocycles. The van der Waals surface area contributed by atoms with Crippen molar-refractivity contribution >= 4 is 11.9 Å². The summed E-state index contributed by atoms with van der Waals surface area (Å²) in [6, 6.07) is 0. The second kappa shape index (κ2) is 12.3. The van der Waals surface area contributed by atoms with Crippen LogP contribution in [0.25, 0.3) is 0 Å². The van der Waals surface area contributed by atoms with Crippen LogP contribution in [0.2, 0.25) is 0 Å². The molecule has 0 spiro atoms. The minimum atomic E-state index is -1.48. The van der Waals surface area contributed by atoms with Crippen LogP contribution in [0.15, 0.2) is 24.3 Å². The summed E-state index contributed by atoms with van der Waals surface area (Å²) in [5.74, 6) is -0.966. The minimum absolute atomic E-state index is 0.119. The molecule has 8 nitrogen and oxygen atoms in total. The smallest absolute Gasteiger partial charge is 0.306 e. The second-order valence-corrected chi connectivity index (χ2v) is 8.83. The Balaban J connectivity index is 2.98. The molecule has 1 saturated heterocycles. The lowest BCUT2D eigenvalue weighted by Crippen LogP contribution is -2.61. The Morgan fingerprint density at radius 3 is 2.35 bits per heavy atom. The van der Waals surface area contributed by atoms with Gasteiger partial charge in [-0.05, 0) is 39.5 Å². The predicted molar refractivity (Wildman–Crippen MR) is 115 cm³/mol. The lowest BCUT2D eigenvalue weighted by Gasteiger charge is -2.44. The molecule has 0 amide bonds. The van der Waals surface area contributed by atoms with Crippen molar-refractivity contribution < 1.29 is 38.7 Å². The molecule has 0 radical (unpaired) electrons. The van der Waals surface area contributed by atoms with E-state index in [1.165, 1.54) is 12.5 Å². The van der Waals surface area contributed by atoms with Crippen LogP contribution in [-0.2, 0) is 28.5 Å². The molecule has 1 rings (SSSR count). The standard InChI is InChI=1S/C23H38O8/c1-8-23(7,11-9-10-14(2)3)31-22-21(29-16(6)24)20(27)19(26)17(30-22)13-28-18(25)12-15(4)5/h8,10,15,17,19-22,26-27H,1,9,11-13H2,2-7H3. The zero-order chi connectivity index (χ0) is 23.8. The molecular formula is C23H38O8. The van der Waals surface area contributed by atoms with E-state index in [9.17, 15) is 19.8 Å². The van der Waals surface area contributed by atoms with E-state index < -0.39 is 48.2 Å². The number of esters is 2. The Hall–Kier alpha value is -1.74. The van der Waals surface area contributed by atoms with E-state index in [0.717, 1.165) is 6.42 Å². The van der Waals surface area contributed by atoms with Gasteiger partial charge in [-0.1, -0.05) is 31.6 Å². The number of carbonyl (C=O) groups is 2. The molecule has 6 atom stereocenters. The Bertz CT molecular complexity index is 639. The summed E-state index contributed by atoms with van der Waals surface area (Å²) >= 11 is 0. The van der Waals surface area contributed by atoms with Gasteiger partial charge < -0.3 is 29.2 Å². The summed E-state index contributed by atoms with van der Waals surface area (Å²) in [7, 11) is 0. The fourth-order valence-electron chi connectivity index (χ4n) is 3.14. The summed E-state index contributed by atoms with van der Waals surface area (Å²) in [5, 5.41) is 21.0. The molecule has 0 aromatic rings. The maximum atomic E-state index is 11.9. The first-order valence-corrected chi connectivity index (χ1v) is 10.7. The van der Waals surface area contributed by atoms with Gasteiger partial charge in [0.2, 0.25) is 0 Å². The van der Waals surface area contributed by atoms with Crippen LogP contribution in [0.4, 0.5) is 0 Å². The maximum Gasteiger partial charge on any atom is 0.306 e. The lowest BCUT2D eigenvalue weighted by molar-refractivity contribution is -0.322. The highest BCUT2D eigenvalue weighted by Gasteiger charge is 2.49. The molecule has 2 N–H and O–H groups in total. The number of carbonyl (C=O) groups excluding carboxylic acids is 2. The van der Waals surface area contributed by atoms with Crippen LogP contribution in [0.3, 0.4) is 0 Å². The van der Waals surface area contributed by atoms with Gasteiger partial charge in [-0.2, -0.15) is 0 Å². The summed E-state index contributed by atoms with van der Waals surface area (Å²) in [6.07, 6.45) is -1.21. The van der Waals surface area contributed by atoms with Gasteiger partial charge in [0.05, 0.1) is 5.60 Å². The number of aliphatic hydroxyl groups excluding tert-OH is 2. The number of hydrogen-bond donors (Lipinski definition) is 2. The quantitative estimate of drug-likeness (QED) is 0.371. The van der Waals surface area contributed by atoms with Crippen molar-refractivity contribution in [1.82, 2.24) is 0 Å². The molecule has 0 aromatic carbocycles. The molecule has 31 heavy (non-hydrogen) atoms. The topological polar surface area (TPSA) is 112 Å². The van der Waals surface area contributed by atoms with E-state index >= 15 is 0 Å². The van der Waals surface area contributed by atoms with Crippen LogP contribution >= 0.6 is 0 Å². The molecule has 1 fully saturated rings. The first kappa shape index (κ1) is 27.3. The number of ether oxygens (including phenoxy) is 4. The Kier molecular flexibility index (Phi) is 10.9. The van der Waals surface area contributed by atoms with Gasteiger partial charge in [0.1, 0.15) is 24.9 Å². The summed E-state index contributed by atoms with van der Waals surface area (Å²) in [6.45, 7) is 14.3. The number of allylic oxidation sites excluding steroid dienone is 2. The summed E-state index contributed by atoms with van der Waals surface area (Å²) in [5.41, 5.74) is 0.315. The van der Waals surface area contributed by atoms with Gasteiger partial charge >= 0.3 is 11.9 Å². The largest absolute Gasteiger partial charge is 0.463 e. The Morgan fingerprint density at radius 1 is 1.19 bits per heavy atom. The van der Waals surface area contributed by atoms with Crippen molar-refractivity contribution in [2.45, 2.75) is 97.1 Å². The SMILES string of the molecule is C=CC(C)(CCC=C(C)C)OC1OC(COC(=O)CC(C)C)C(O)C(O)C1OC(C)=O. The van der Waals surface area contributed by atoms with Gasteiger partial charge in [-0.3, -0.25) is 9.59 Å². The predicted octanol–water partition coefficient (Wildman–Crippen LogP) is 2.66. The van der Waals surface area contributed by atoms with Crippen LogP contribution < -0.4 is 0 Å². The fraction of sp³-hybridized carbons (Fsp3) is 0.739. The van der Waals surface area contributed by atoms with Crippen LogP contribution in [0.5, 0.6) is 0 Å². The molecule has 1 aliphatic rings. The van der Waals surface area contributed by atoms with Gasteiger partial charge in [0.15, 0.2) is 12.4 Å². The summed E-state index contributed by atoms with van der Waals surface area (Å²) in [4.78, 5) is 23.5. The van der Waals surface area contributed by atoms with E-state index in [2.05, 4.69) is 12.7 Å². The normalized spacial score (nSPS) is 27.8. The molecular weight excluding hydrogens is 404 g/mol. The van der Waals surface area contributed by atoms with E-state index in [0.29, 0.717) is 6.42 Å². The van der Waals surface area contributed by atoms with Gasteiger partial charge in [-0.25, -0.2) is 0 Å². The third-order valence-electron chi connectivity index (χ3n) is 4.94. The van der Waals surface area contributed by atoms with Crippen molar-refractivity contribution in [3.63, 3.8) is 0 Å². The van der Waals surface area contributed by atoms with Crippen molar-refractivity contribution in [2.75, 3.05) is 6.61 Å². The van der Waals surface area contributed by atoms with Gasteiger partial charge in [0, 0.05) is 13.3 Å². The Labute approximate surface area is 185 Å². The maximum absolute atomic E-state index is 11.9. The number of aliphatic hydroxyl groups is 2. The first-order valence-electron chi connectivity index (χ1n) is 10.7. The van der Waals surface area contributed by atoms with Crippen molar-refractivity contribution in [3.05, 3.63) is 24.3 Å². The highest BCUT2D eigenvalue weighted by molar-refractivity contribution is 5.69. The monoisotopic (exact) mass is 442 g/mol. The average molecular weight is 443 g/mol. The average Bonchev–Trinajstić information content (AvgIpc) is 2.65. The van der Waals surface area contributed by atoms with Gasteiger partial charge in [-0.15, -0.1) is 6.58 Å². The van der Waals surface area contributed by atoms with E-state index in [4.69, 9.17) is 18.9 Å². The zero-order valence-electron chi connectivity index (χ0n) is 19.5. The van der Waals surface area contributed by atoms with Crippen molar-refractivity contribution in [1.29, 1.82) is 0 Å². The van der Waals surface area contributed by atoms with Crippen molar-refractivity contribution in [2.24, 2.45) is 5.92 Å². The molecule has 1 heterocycles. The zero-order valence-corrected chi connectivity index (χ0v) is 19.5. The third kappa shape index (κ3) is 9.11. The minimum Gasteiger partial charge on any atom is -0.463 e. The molecule has 0 saturated carbocycles. The molecule has 1 aliphatic heterocycles. The Morgan fingerprint density at radius 2 is 1.84 bits per heavy atom. The molecule has 8 heteroatoms. The molecule has 0 bridgehead atoms. The molecule has 6 unspecified atom stereocenters. The fourth-order valence-corrected chi connectivity index (χ4v) is 3.14. The third-order valence-corrected chi connectivity index (χ3v) is 4.94. The van der Waals surface area contributed by atoms with Crippen LogP contribution in [-0.4, -0.2) is 65.1 Å². The number of rotatable bonds is 11. The highest BCUT2D eigenvalue weighted by atomic mass is 16.7. The second-order valence-electron chi connectivity index (χ2n) is 8.83. The van der Waals surface area contributed by atoms with E-state index in [-0.39, 0.29) is 18.9 Å². The van der Waals surface area contributed by atoms with Crippen LogP contribution in [0.1, 0.15) is 60.8 Å². The molecule has 178 valence electrons. The van der Waals surface area contributed by atoms with Crippen molar-refractivity contribution in [3.8, 4) is 0 Å². The van der Waals surface area contributed by atoms with Crippen LogP contribution in [0, 0.1) is 5.92 Å². The number of hydrogen-bond acceptors (Lipinski definition) is 8. The molecule has 0 aliphatic carbocycles. The van der Waals surface area contributed by atoms with E-state index in [1.807, 2.05) is 34.6 Å².